The number of halogens is 1. The number of nitrogens with one attached hydrogen (secondary N) is 5. The van der Waals surface area contributed by atoms with Crippen LogP contribution in [0.25, 0.3) is 50.0 Å². The SMILES string of the molecule is Cc1ccc(-n2ccnc2)cc1NC(=O)c1ccc(Nc2nc(-c3ccccc3)c3ccccc3n2)cc1.Cc1ccc(Br)cc1NC(=O)c1ccc(Nc2nc(-c3ccccc3)c3ccccc3n2)cc1.c1c[nH]cn1. The molecule has 8 aromatic carbocycles. The van der Waals surface area contributed by atoms with Crippen LogP contribution in [0.3, 0.4) is 0 Å². The number of amides is 2. The molecule has 0 aliphatic heterocycles. The molecule has 0 radical (unpaired) electrons. The topological polar surface area (TPSA) is 180 Å². The molecule has 0 bridgehead atoms. The van der Waals surface area contributed by atoms with Crippen molar-refractivity contribution in [1.29, 1.82) is 0 Å². The van der Waals surface area contributed by atoms with Gasteiger partial charge in [-0.3, -0.25) is 9.59 Å². The van der Waals surface area contributed by atoms with E-state index in [9.17, 15) is 9.59 Å². The average Bonchev–Trinajstić information content (AvgIpc) is 4.26. The van der Waals surface area contributed by atoms with Gasteiger partial charge in [-0.2, -0.15) is 0 Å². The number of rotatable bonds is 11. The fourth-order valence-corrected chi connectivity index (χ4v) is 8.58. The number of imidazole rings is 2. The number of aryl methyl sites for hydroxylation is 2. The molecule has 0 atom stereocenters. The quantitative estimate of drug-likeness (QED) is 0.0836. The van der Waals surface area contributed by atoms with E-state index in [0.29, 0.717) is 23.0 Å². The maximum Gasteiger partial charge on any atom is 0.255 e. The van der Waals surface area contributed by atoms with Gasteiger partial charge in [0.1, 0.15) is 0 Å². The van der Waals surface area contributed by atoms with Crippen LogP contribution in [0, 0.1) is 13.8 Å². The van der Waals surface area contributed by atoms with Gasteiger partial charge in [0.25, 0.3) is 11.8 Å². The van der Waals surface area contributed by atoms with Crippen LogP contribution in [-0.4, -0.2) is 51.3 Å². The van der Waals surface area contributed by atoms with Crippen LogP contribution in [0.15, 0.2) is 236 Å². The summed E-state index contributed by atoms with van der Waals surface area (Å²) in [5, 5.41) is 14.5. The lowest BCUT2D eigenvalue weighted by atomic mass is 10.1. The molecule has 12 aromatic rings. The number of fused-ring (bicyclic) bond motifs is 2. The number of carbonyl (C=O) groups excluding carboxylic acids is 2. The van der Waals surface area contributed by atoms with Crippen LogP contribution >= 0.6 is 15.9 Å². The Morgan fingerprint density at radius 3 is 1.47 bits per heavy atom. The molecule has 376 valence electrons. The van der Waals surface area contributed by atoms with E-state index in [1.807, 2.05) is 194 Å². The molecular weight excluding hydrogens is 1020 g/mol. The van der Waals surface area contributed by atoms with Crippen molar-refractivity contribution in [1.82, 2.24) is 39.5 Å². The number of anilines is 6. The smallest absolute Gasteiger partial charge is 0.255 e. The molecule has 0 unspecified atom stereocenters. The lowest BCUT2D eigenvalue weighted by Crippen LogP contribution is -2.13. The summed E-state index contributed by atoms with van der Waals surface area (Å²) < 4.78 is 2.81. The monoisotopic (exact) mass is 1070 g/mol. The number of hydrogen-bond acceptors (Lipinski definition) is 10. The average molecular weight is 1070 g/mol. The predicted octanol–water partition coefficient (Wildman–Crippen LogP) is 14.6. The Labute approximate surface area is 452 Å². The Balaban J connectivity index is 0.000000161. The summed E-state index contributed by atoms with van der Waals surface area (Å²) in [7, 11) is 0. The highest BCUT2D eigenvalue weighted by Gasteiger charge is 2.15. The number of nitrogens with zero attached hydrogens (tertiary/aromatic N) is 7. The Morgan fingerprint density at radius 1 is 0.506 bits per heavy atom. The number of aromatic nitrogens is 8. The minimum atomic E-state index is -0.184. The van der Waals surface area contributed by atoms with E-state index in [2.05, 4.69) is 57.1 Å². The number of para-hydroxylation sites is 2. The zero-order valence-electron chi connectivity index (χ0n) is 41.8. The summed E-state index contributed by atoms with van der Waals surface area (Å²) >= 11 is 3.45. The van der Waals surface area contributed by atoms with Crippen molar-refractivity contribution in [2.24, 2.45) is 0 Å². The van der Waals surface area contributed by atoms with Gasteiger partial charge >= 0.3 is 0 Å². The Kier molecular flexibility index (Phi) is 15.6. The van der Waals surface area contributed by atoms with Gasteiger partial charge in [-0.1, -0.05) is 125 Å². The van der Waals surface area contributed by atoms with Crippen molar-refractivity contribution in [3.05, 3.63) is 258 Å². The number of H-pyrrole nitrogens is 1. The molecule has 4 aromatic heterocycles. The summed E-state index contributed by atoms with van der Waals surface area (Å²) in [5.41, 5.74) is 12.6. The number of benzene rings is 8. The standard InChI is InChI=1S/C31H24N6O.C28H21BrN4O.C3H4N2/c1-21-11-16-25(37-18-17-32-20-37)19-28(21)34-30(38)23-12-14-24(15-13-23)33-31-35-27-10-6-5-9-26(27)29(36-31)22-7-3-2-4-8-22;1-18-11-14-21(29)17-25(18)31-27(34)20-12-15-22(16-13-20)30-28-32-24-10-6-5-9-23(24)26(33-28)19-7-3-2-4-8-19;1-2-5-3-4-1/h2-20H,1H3,(H,34,38)(H,33,35,36);2-17H,1H3,(H,31,34)(H,30,32,33);1-3H,(H,4,5). The molecule has 0 saturated heterocycles. The molecule has 14 nitrogen and oxygen atoms in total. The summed E-state index contributed by atoms with van der Waals surface area (Å²) in [6.07, 6.45) is 10.4. The second-order valence-corrected chi connectivity index (χ2v) is 18.5. The summed E-state index contributed by atoms with van der Waals surface area (Å²) in [6.45, 7) is 3.93. The van der Waals surface area contributed by atoms with E-state index in [0.717, 1.165) is 88.4 Å². The van der Waals surface area contributed by atoms with Crippen LogP contribution in [0.1, 0.15) is 31.8 Å². The van der Waals surface area contributed by atoms with Crippen molar-refractivity contribution >= 4 is 84.2 Å². The highest BCUT2D eigenvalue weighted by atomic mass is 79.9. The maximum absolute atomic E-state index is 13.0. The number of carbonyl (C=O) groups is 2. The molecule has 77 heavy (non-hydrogen) atoms. The highest BCUT2D eigenvalue weighted by Crippen LogP contribution is 2.31. The van der Waals surface area contributed by atoms with Gasteiger partial charge in [0.2, 0.25) is 11.9 Å². The third kappa shape index (κ3) is 12.6. The van der Waals surface area contributed by atoms with Crippen LogP contribution < -0.4 is 21.3 Å². The minimum absolute atomic E-state index is 0.166. The van der Waals surface area contributed by atoms with E-state index < -0.39 is 0 Å². The van der Waals surface area contributed by atoms with E-state index in [1.54, 1.807) is 55.5 Å². The molecule has 2 amide bonds. The van der Waals surface area contributed by atoms with E-state index in [1.165, 1.54) is 0 Å². The molecule has 0 spiro atoms. The van der Waals surface area contributed by atoms with Gasteiger partial charge in [0, 0.05) is 90.7 Å². The third-order valence-corrected chi connectivity index (χ3v) is 12.7. The zero-order chi connectivity index (χ0) is 52.9. The Hall–Kier alpha value is -10.1. The molecule has 0 fully saturated rings. The highest BCUT2D eigenvalue weighted by molar-refractivity contribution is 9.10. The van der Waals surface area contributed by atoms with Crippen molar-refractivity contribution in [3.8, 4) is 28.2 Å². The van der Waals surface area contributed by atoms with Crippen molar-refractivity contribution < 1.29 is 9.59 Å². The largest absolute Gasteiger partial charge is 0.351 e. The third-order valence-electron chi connectivity index (χ3n) is 12.2. The fraction of sp³-hybridized carbons (Fsp3) is 0.0323. The van der Waals surface area contributed by atoms with Crippen LogP contribution in [-0.2, 0) is 0 Å². The van der Waals surface area contributed by atoms with Gasteiger partial charge in [-0.05, 0) is 110 Å². The second-order valence-electron chi connectivity index (χ2n) is 17.6. The van der Waals surface area contributed by atoms with E-state index >= 15 is 0 Å². The lowest BCUT2D eigenvalue weighted by molar-refractivity contribution is 0.101. The first-order valence-electron chi connectivity index (χ1n) is 24.5. The molecular formula is C62H49BrN12O2. The van der Waals surface area contributed by atoms with Gasteiger partial charge in [-0.15, -0.1) is 0 Å². The van der Waals surface area contributed by atoms with E-state index in [-0.39, 0.29) is 11.8 Å². The first-order valence-corrected chi connectivity index (χ1v) is 25.3. The minimum Gasteiger partial charge on any atom is -0.351 e. The summed E-state index contributed by atoms with van der Waals surface area (Å²) in [5.74, 6) is 0.642. The molecule has 12 rings (SSSR count). The van der Waals surface area contributed by atoms with E-state index in [4.69, 9.17) is 15.0 Å². The maximum atomic E-state index is 13.0. The second kappa shape index (κ2) is 23.8. The summed E-state index contributed by atoms with van der Waals surface area (Å²) in [6, 6.07) is 62.3. The van der Waals surface area contributed by atoms with Gasteiger partial charge < -0.3 is 30.8 Å². The van der Waals surface area contributed by atoms with Gasteiger partial charge in [-0.25, -0.2) is 29.9 Å². The Morgan fingerprint density at radius 2 is 1.00 bits per heavy atom. The van der Waals surface area contributed by atoms with Crippen molar-refractivity contribution in [3.63, 3.8) is 0 Å². The molecule has 0 aliphatic rings. The molecule has 5 N–H and O–H groups in total. The molecule has 0 aliphatic carbocycles. The van der Waals surface area contributed by atoms with Crippen LogP contribution in [0.5, 0.6) is 0 Å². The first-order chi connectivity index (χ1) is 37.7. The number of aromatic amines is 1. The fourth-order valence-electron chi connectivity index (χ4n) is 8.22. The molecule has 4 heterocycles. The zero-order valence-corrected chi connectivity index (χ0v) is 43.4. The normalized spacial score (nSPS) is 10.6. The van der Waals surface area contributed by atoms with Crippen molar-refractivity contribution in [2.75, 3.05) is 21.3 Å². The molecule has 15 heteroatoms. The molecule has 0 saturated carbocycles. The number of hydrogen-bond donors (Lipinski definition) is 5. The van der Waals surface area contributed by atoms with Gasteiger partial charge in [0.05, 0.1) is 35.1 Å². The summed E-state index contributed by atoms with van der Waals surface area (Å²) in [4.78, 5) is 55.2. The van der Waals surface area contributed by atoms with Crippen LogP contribution in [0.2, 0.25) is 0 Å². The van der Waals surface area contributed by atoms with Crippen LogP contribution in [0.4, 0.5) is 34.6 Å². The van der Waals surface area contributed by atoms with Crippen molar-refractivity contribution in [2.45, 2.75) is 13.8 Å². The Bertz CT molecular complexity index is 3920. The van der Waals surface area contributed by atoms with Gasteiger partial charge in [0.15, 0.2) is 0 Å². The predicted molar refractivity (Wildman–Crippen MR) is 311 cm³/mol. The first kappa shape index (κ1) is 50.4. The lowest BCUT2D eigenvalue weighted by Gasteiger charge is -2.12.